The van der Waals surface area contributed by atoms with Crippen LogP contribution in [0.4, 0.5) is 0 Å². The van der Waals surface area contributed by atoms with Crippen LogP contribution in [0.3, 0.4) is 0 Å². The molecular weight excluding hydrogens is 966 g/mol. The predicted molar refractivity (Wildman–Crippen MR) is 323 cm³/mol. The van der Waals surface area contributed by atoms with Gasteiger partial charge in [-0.1, -0.05) is 239 Å². The van der Waals surface area contributed by atoms with Crippen molar-refractivity contribution in [3.05, 3.63) is 109 Å². The molecule has 2 atom stereocenters. The molecule has 0 fully saturated rings. The van der Waals surface area contributed by atoms with Gasteiger partial charge in [-0.15, -0.1) is 0 Å². The Morgan fingerprint density at radius 1 is 0.421 bits per heavy atom. The SMILES string of the molecule is CC/C=C\C/C=C\C/C=C\C/C=C\C/C=C\C/C=C\C/C=C\C/C=C\CCCCCCC(=O)OC(COC(=O)CCCCCCCCCCCCC/C=C\CCCCCCCCCC)COP(=O)([O-])OCC[N+](C)(C)C. The van der Waals surface area contributed by atoms with Crippen molar-refractivity contribution < 1.29 is 42.1 Å². The van der Waals surface area contributed by atoms with Gasteiger partial charge in [-0.25, -0.2) is 0 Å². The van der Waals surface area contributed by atoms with Gasteiger partial charge in [0.05, 0.1) is 27.7 Å². The fourth-order valence-electron chi connectivity index (χ4n) is 8.08. The van der Waals surface area contributed by atoms with Gasteiger partial charge in [0.2, 0.25) is 0 Å². The number of quaternary nitrogens is 1. The first-order valence-corrected chi connectivity index (χ1v) is 32.1. The quantitative estimate of drug-likeness (QED) is 0.0195. The van der Waals surface area contributed by atoms with Gasteiger partial charge >= 0.3 is 11.9 Å². The number of rotatable bonds is 55. The van der Waals surface area contributed by atoms with Crippen LogP contribution in [-0.2, 0) is 32.7 Å². The summed E-state index contributed by atoms with van der Waals surface area (Å²) in [7, 11) is 1.14. The van der Waals surface area contributed by atoms with Gasteiger partial charge in [0.15, 0.2) is 6.10 Å². The molecule has 0 aromatic rings. The van der Waals surface area contributed by atoms with Crippen molar-refractivity contribution >= 4 is 19.8 Å². The second-order valence-electron chi connectivity index (χ2n) is 21.3. The van der Waals surface area contributed by atoms with Crippen molar-refractivity contribution in [2.45, 2.75) is 251 Å². The highest BCUT2D eigenvalue weighted by Crippen LogP contribution is 2.38. The molecule has 0 aliphatic carbocycles. The van der Waals surface area contributed by atoms with Crippen molar-refractivity contribution in [1.82, 2.24) is 0 Å². The number of nitrogens with zero attached hydrogens (tertiary/aromatic N) is 1. The molecule has 0 bridgehead atoms. The third-order valence-corrected chi connectivity index (χ3v) is 13.7. The molecule has 436 valence electrons. The number of unbranched alkanes of at least 4 members (excludes halogenated alkanes) is 23. The molecule has 0 aromatic carbocycles. The first-order valence-electron chi connectivity index (χ1n) is 30.6. The van der Waals surface area contributed by atoms with Crippen molar-refractivity contribution in [1.29, 1.82) is 0 Å². The van der Waals surface area contributed by atoms with Crippen LogP contribution in [0.15, 0.2) is 109 Å². The van der Waals surface area contributed by atoms with Gasteiger partial charge in [-0.3, -0.25) is 14.2 Å². The number of esters is 2. The number of hydrogen-bond donors (Lipinski definition) is 0. The van der Waals surface area contributed by atoms with Crippen LogP contribution in [0.25, 0.3) is 0 Å². The topological polar surface area (TPSA) is 111 Å². The summed E-state index contributed by atoms with van der Waals surface area (Å²) in [6, 6.07) is 0. The highest BCUT2D eigenvalue weighted by atomic mass is 31.2. The zero-order valence-corrected chi connectivity index (χ0v) is 50.3. The zero-order chi connectivity index (χ0) is 55.6. The van der Waals surface area contributed by atoms with E-state index in [1.165, 1.54) is 116 Å². The number of carbonyl (C=O) groups excluding carboxylic acids is 2. The van der Waals surface area contributed by atoms with Crippen molar-refractivity contribution in [3.8, 4) is 0 Å². The number of ether oxygens (including phenoxy) is 2. The molecule has 2 unspecified atom stereocenters. The molecule has 0 radical (unpaired) electrons. The number of likely N-dealkylation sites (N-methyl/N-ethyl adjacent to an activating group) is 1. The maximum Gasteiger partial charge on any atom is 0.306 e. The first-order chi connectivity index (χ1) is 37.0. The van der Waals surface area contributed by atoms with E-state index in [9.17, 15) is 19.0 Å². The monoisotopic (exact) mass is 1080 g/mol. The molecule has 0 aliphatic heterocycles. The molecule has 0 saturated carbocycles. The Kier molecular flexibility index (Phi) is 53.9. The predicted octanol–water partition coefficient (Wildman–Crippen LogP) is 18.7. The molecule has 0 aromatic heterocycles. The van der Waals surface area contributed by atoms with E-state index in [2.05, 4.69) is 123 Å². The lowest BCUT2D eigenvalue weighted by atomic mass is 10.0. The van der Waals surface area contributed by atoms with E-state index in [0.717, 1.165) is 96.3 Å². The fourth-order valence-corrected chi connectivity index (χ4v) is 8.81. The molecular formula is C66H114NO8P. The minimum absolute atomic E-state index is 0.0416. The summed E-state index contributed by atoms with van der Waals surface area (Å²) in [4.78, 5) is 37.9. The van der Waals surface area contributed by atoms with E-state index in [-0.39, 0.29) is 26.1 Å². The van der Waals surface area contributed by atoms with Crippen LogP contribution >= 0.6 is 7.82 Å². The lowest BCUT2D eigenvalue weighted by Crippen LogP contribution is -2.37. The van der Waals surface area contributed by atoms with Gasteiger partial charge in [0.25, 0.3) is 7.82 Å². The summed E-state index contributed by atoms with van der Waals surface area (Å²) in [6.45, 7) is 4.10. The molecule has 0 amide bonds. The minimum Gasteiger partial charge on any atom is -0.756 e. The van der Waals surface area contributed by atoms with Crippen LogP contribution < -0.4 is 4.89 Å². The number of hydrogen-bond acceptors (Lipinski definition) is 8. The number of phosphoric acid groups is 1. The van der Waals surface area contributed by atoms with Crippen LogP contribution in [0.1, 0.15) is 245 Å². The Morgan fingerprint density at radius 3 is 1.13 bits per heavy atom. The fraction of sp³-hybridized carbons (Fsp3) is 0.697. The van der Waals surface area contributed by atoms with E-state index in [1.807, 2.05) is 21.1 Å². The second kappa shape index (κ2) is 56.4. The van der Waals surface area contributed by atoms with Crippen molar-refractivity contribution in [2.24, 2.45) is 0 Å². The largest absolute Gasteiger partial charge is 0.756 e. The highest BCUT2D eigenvalue weighted by molar-refractivity contribution is 7.45. The van der Waals surface area contributed by atoms with Crippen LogP contribution in [0.5, 0.6) is 0 Å². The Bertz CT molecular complexity index is 1650. The number of phosphoric ester groups is 1. The average molecular weight is 1080 g/mol. The highest BCUT2D eigenvalue weighted by Gasteiger charge is 2.22. The van der Waals surface area contributed by atoms with Gasteiger partial charge in [0.1, 0.15) is 19.8 Å². The van der Waals surface area contributed by atoms with Crippen molar-refractivity contribution in [3.63, 3.8) is 0 Å². The van der Waals surface area contributed by atoms with Gasteiger partial charge in [-0.05, 0) is 103 Å². The Balaban J connectivity index is 4.24. The third kappa shape index (κ3) is 59.9. The van der Waals surface area contributed by atoms with Gasteiger partial charge in [0, 0.05) is 12.8 Å². The summed E-state index contributed by atoms with van der Waals surface area (Å²) >= 11 is 0. The maximum atomic E-state index is 12.8. The number of allylic oxidation sites excluding steroid dienone is 18. The molecule has 0 N–H and O–H groups in total. The summed E-state index contributed by atoms with van der Waals surface area (Å²) in [5.74, 6) is -0.866. The molecule has 10 heteroatoms. The number of carbonyl (C=O) groups is 2. The van der Waals surface area contributed by atoms with E-state index in [1.54, 1.807) is 0 Å². The first kappa shape index (κ1) is 72.7. The smallest absolute Gasteiger partial charge is 0.306 e. The molecule has 0 rings (SSSR count). The molecule has 76 heavy (non-hydrogen) atoms. The summed E-state index contributed by atoms with van der Waals surface area (Å²) in [5, 5.41) is 0. The van der Waals surface area contributed by atoms with Crippen LogP contribution in [-0.4, -0.2) is 70.0 Å². The van der Waals surface area contributed by atoms with Crippen LogP contribution in [0.2, 0.25) is 0 Å². The Morgan fingerprint density at radius 2 is 0.750 bits per heavy atom. The minimum atomic E-state index is -4.65. The Hall–Kier alpha value is -3.33. The molecule has 0 saturated heterocycles. The van der Waals surface area contributed by atoms with E-state index in [4.69, 9.17) is 18.5 Å². The summed E-state index contributed by atoms with van der Waals surface area (Å²) in [6.07, 6.45) is 78.5. The third-order valence-electron chi connectivity index (χ3n) is 12.8. The van der Waals surface area contributed by atoms with E-state index < -0.39 is 32.5 Å². The second-order valence-corrected chi connectivity index (χ2v) is 22.7. The Labute approximate surface area is 467 Å². The standard InChI is InChI=1S/C66H114NO8P/c1-6-8-10-12-14-16-18-20-22-24-26-28-30-31-32-33-34-35-37-39-41-43-45-47-49-51-53-55-57-59-66(69)75-64(63-74-76(70,71)73-61-60-67(3,4)5)62-72-65(68)58-56-54-52-50-48-46-44-42-40-38-36-29-27-25-23-21-19-17-15-13-11-9-7-2/h8,10,14,16,20,22,25-28,31-32,34-35,39,41,45,47,64H,6-7,9,11-13,15,17-19,21,23-24,29-30,33,36-38,40,42-44,46,48-63H2,1-5H3/b10-8-,16-14-,22-20-,27-25-,28-26-,32-31-,35-34-,41-39-,47-45-. The molecule has 9 nitrogen and oxygen atoms in total. The molecule has 0 heterocycles. The summed E-state index contributed by atoms with van der Waals surface area (Å²) in [5.41, 5.74) is 0. The van der Waals surface area contributed by atoms with Gasteiger partial charge < -0.3 is 27.9 Å². The average Bonchev–Trinajstić information content (AvgIpc) is 3.38. The van der Waals surface area contributed by atoms with Crippen molar-refractivity contribution in [2.75, 3.05) is 47.5 Å². The van der Waals surface area contributed by atoms with Gasteiger partial charge in [-0.2, -0.15) is 0 Å². The lowest BCUT2D eigenvalue weighted by Gasteiger charge is -2.28. The van der Waals surface area contributed by atoms with E-state index >= 15 is 0 Å². The lowest BCUT2D eigenvalue weighted by molar-refractivity contribution is -0.870. The molecule has 0 aliphatic rings. The zero-order valence-electron chi connectivity index (χ0n) is 49.4. The normalized spacial score (nSPS) is 14.0. The van der Waals surface area contributed by atoms with E-state index in [0.29, 0.717) is 17.4 Å². The van der Waals surface area contributed by atoms with Crippen LogP contribution in [0, 0.1) is 0 Å². The summed E-state index contributed by atoms with van der Waals surface area (Å²) < 4.78 is 34.2. The maximum absolute atomic E-state index is 12.8. The molecule has 0 spiro atoms.